The Hall–Kier alpha value is -1.26. The summed E-state index contributed by atoms with van der Waals surface area (Å²) in [6.07, 6.45) is 0. The lowest BCUT2D eigenvalue weighted by molar-refractivity contribution is 0.273. The van der Waals surface area contributed by atoms with Gasteiger partial charge in [0.25, 0.3) is 0 Å². The van der Waals surface area contributed by atoms with Crippen molar-refractivity contribution < 1.29 is 9.47 Å². The fourth-order valence-corrected chi connectivity index (χ4v) is 0.935. The van der Waals surface area contributed by atoms with Gasteiger partial charge in [-0.25, -0.2) is 4.68 Å². The number of methoxy groups -OCH3 is 2. The molecule has 0 saturated carbocycles. The van der Waals surface area contributed by atoms with E-state index in [1.807, 2.05) is 20.8 Å². The molecule has 0 fully saturated rings. The van der Waals surface area contributed by atoms with Crippen LogP contribution in [-0.2, 0) is 5.54 Å². The highest BCUT2D eigenvalue weighted by molar-refractivity contribution is 5.05. The molecule has 0 saturated heterocycles. The summed E-state index contributed by atoms with van der Waals surface area (Å²) in [5.74, 6) is 0. The maximum Gasteiger partial charge on any atom is 0.338 e. The highest BCUT2D eigenvalue weighted by atomic mass is 16.5. The van der Waals surface area contributed by atoms with Crippen molar-refractivity contribution in [2.45, 2.75) is 26.3 Å². The van der Waals surface area contributed by atoms with Gasteiger partial charge in [-0.3, -0.25) is 0 Å². The Kier molecular flexibility index (Phi) is 2.45. The summed E-state index contributed by atoms with van der Waals surface area (Å²) in [7, 11) is 3.09. The molecule has 0 unspecified atom stereocenters. The van der Waals surface area contributed by atoms with Gasteiger partial charge in [0.1, 0.15) is 0 Å². The van der Waals surface area contributed by atoms with E-state index in [4.69, 9.17) is 9.47 Å². The number of hydrogen-bond donors (Lipinski definition) is 0. The number of rotatable bonds is 2. The normalized spacial score (nSPS) is 11.5. The van der Waals surface area contributed by atoms with E-state index in [2.05, 4.69) is 10.1 Å². The Morgan fingerprint density at radius 1 is 1.15 bits per heavy atom. The van der Waals surface area contributed by atoms with Crippen LogP contribution in [0.5, 0.6) is 12.0 Å². The van der Waals surface area contributed by atoms with E-state index in [-0.39, 0.29) is 5.54 Å². The van der Waals surface area contributed by atoms with Gasteiger partial charge >= 0.3 is 12.0 Å². The van der Waals surface area contributed by atoms with E-state index in [1.54, 1.807) is 11.8 Å². The van der Waals surface area contributed by atoms with E-state index in [9.17, 15) is 0 Å². The third-order valence-electron chi connectivity index (χ3n) is 1.56. The second kappa shape index (κ2) is 3.24. The van der Waals surface area contributed by atoms with E-state index >= 15 is 0 Å². The van der Waals surface area contributed by atoms with Gasteiger partial charge in [-0.2, -0.15) is 0 Å². The topological polar surface area (TPSA) is 49.2 Å². The molecular formula is C8H15N3O2. The van der Waals surface area contributed by atoms with Crippen molar-refractivity contribution in [3.8, 4) is 12.0 Å². The van der Waals surface area contributed by atoms with Crippen molar-refractivity contribution in [1.29, 1.82) is 0 Å². The van der Waals surface area contributed by atoms with Gasteiger partial charge in [0.2, 0.25) is 0 Å². The minimum absolute atomic E-state index is 0.158. The molecule has 0 atom stereocenters. The molecule has 0 amide bonds. The van der Waals surface area contributed by atoms with Gasteiger partial charge in [0.15, 0.2) is 0 Å². The van der Waals surface area contributed by atoms with Gasteiger partial charge in [0.05, 0.1) is 19.8 Å². The number of nitrogens with zero attached hydrogens (tertiary/aromatic N) is 3. The Morgan fingerprint density at radius 3 is 2.08 bits per heavy atom. The molecule has 5 nitrogen and oxygen atoms in total. The molecule has 13 heavy (non-hydrogen) atoms. The number of aromatic nitrogens is 3. The Labute approximate surface area is 77.7 Å². The molecule has 0 aromatic carbocycles. The fourth-order valence-electron chi connectivity index (χ4n) is 0.935. The average Bonchev–Trinajstić information content (AvgIpc) is 2.46. The number of hydrogen-bond acceptors (Lipinski definition) is 4. The van der Waals surface area contributed by atoms with Crippen LogP contribution in [0.25, 0.3) is 0 Å². The predicted octanol–water partition coefficient (Wildman–Crippen LogP) is 1.05. The highest BCUT2D eigenvalue weighted by Crippen LogP contribution is 2.22. The zero-order valence-electron chi connectivity index (χ0n) is 8.66. The van der Waals surface area contributed by atoms with Crippen LogP contribution in [0.4, 0.5) is 0 Å². The molecule has 1 aromatic heterocycles. The highest BCUT2D eigenvalue weighted by Gasteiger charge is 2.21. The fraction of sp³-hybridized carbons (Fsp3) is 0.750. The first-order valence-corrected chi connectivity index (χ1v) is 4.04. The first-order valence-electron chi connectivity index (χ1n) is 4.04. The SMILES string of the molecule is COc1nc(OC)n(C(C)(C)C)n1. The lowest BCUT2D eigenvalue weighted by Gasteiger charge is -2.19. The van der Waals surface area contributed by atoms with Crippen LogP contribution < -0.4 is 9.47 Å². The molecule has 74 valence electrons. The van der Waals surface area contributed by atoms with E-state index in [0.717, 1.165) is 0 Å². The van der Waals surface area contributed by atoms with Crippen molar-refractivity contribution >= 4 is 0 Å². The molecule has 0 aliphatic carbocycles. The first kappa shape index (κ1) is 9.83. The Bertz CT molecular complexity index is 288. The van der Waals surface area contributed by atoms with Crippen LogP contribution in [0.1, 0.15) is 20.8 Å². The van der Waals surface area contributed by atoms with E-state index in [0.29, 0.717) is 12.0 Å². The summed E-state index contributed by atoms with van der Waals surface area (Å²) in [6, 6.07) is 0.788. The standard InChI is InChI=1S/C8H15N3O2/c1-8(2,3)11-7(13-5)9-6(10-11)12-4/h1-5H3. The lowest BCUT2D eigenvalue weighted by Crippen LogP contribution is -2.23. The van der Waals surface area contributed by atoms with Crippen molar-refractivity contribution in [3.63, 3.8) is 0 Å². The minimum Gasteiger partial charge on any atom is -0.467 e. The minimum atomic E-state index is -0.158. The third kappa shape index (κ3) is 1.91. The second-order valence-corrected chi connectivity index (χ2v) is 3.67. The summed E-state index contributed by atoms with van der Waals surface area (Å²) in [4.78, 5) is 4.02. The molecule has 1 aromatic rings. The molecule has 0 aliphatic rings. The van der Waals surface area contributed by atoms with E-state index in [1.165, 1.54) is 7.11 Å². The zero-order valence-corrected chi connectivity index (χ0v) is 8.66. The van der Waals surface area contributed by atoms with Crippen molar-refractivity contribution in [2.24, 2.45) is 0 Å². The summed E-state index contributed by atoms with van der Waals surface area (Å²) >= 11 is 0. The molecule has 5 heteroatoms. The summed E-state index contributed by atoms with van der Waals surface area (Å²) in [5, 5.41) is 4.13. The maximum absolute atomic E-state index is 5.06. The average molecular weight is 185 g/mol. The monoisotopic (exact) mass is 185 g/mol. The summed E-state index contributed by atoms with van der Waals surface area (Å²) in [5.41, 5.74) is -0.158. The molecule has 0 N–H and O–H groups in total. The molecule has 0 radical (unpaired) electrons. The van der Waals surface area contributed by atoms with Crippen molar-refractivity contribution in [2.75, 3.05) is 14.2 Å². The Balaban J connectivity index is 3.11. The van der Waals surface area contributed by atoms with Gasteiger partial charge in [-0.1, -0.05) is 0 Å². The zero-order chi connectivity index (χ0) is 10.1. The molecule has 0 bridgehead atoms. The van der Waals surface area contributed by atoms with Gasteiger partial charge < -0.3 is 9.47 Å². The predicted molar refractivity (Wildman–Crippen MR) is 48.1 cm³/mol. The van der Waals surface area contributed by atoms with Crippen molar-refractivity contribution in [1.82, 2.24) is 14.8 Å². The largest absolute Gasteiger partial charge is 0.467 e. The molecule has 1 rings (SSSR count). The second-order valence-electron chi connectivity index (χ2n) is 3.67. The third-order valence-corrected chi connectivity index (χ3v) is 1.56. The summed E-state index contributed by atoms with van der Waals surface area (Å²) in [6.45, 7) is 6.05. The molecule has 0 spiro atoms. The maximum atomic E-state index is 5.06. The lowest BCUT2D eigenvalue weighted by atomic mass is 10.1. The smallest absolute Gasteiger partial charge is 0.338 e. The Morgan fingerprint density at radius 2 is 1.77 bits per heavy atom. The van der Waals surface area contributed by atoms with Crippen LogP contribution in [0.15, 0.2) is 0 Å². The van der Waals surface area contributed by atoms with Crippen LogP contribution in [0.3, 0.4) is 0 Å². The number of ether oxygens (including phenoxy) is 2. The summed E-state index contributed by atoms with van der Waals surface area (Å²) < 4.78 is 11.7. The van der Waals surface area contributed by atoms with Crippen LogP contribution in [0.2, 0.25) is 0 Å². The van der Waals surface area contributed by atoms with Crippen LogP contribution >= 0.6 is 0 Å². The quantitative estimate of drug-likeness (QED) is 0.691. The molecule has 1 heterocycles. The first-order chi connectivity index (χ1) is 5.99. The van der Waals surface area contributed by atoms with E-state index < -0.39 is 0 Å². The van der Waals surface area contributed by atoms with Gasteiger partial charge in [-0.05, 0) is 20.8 Å². The molecular weight excluding hydrogens is 170 g/mol. The molecule has 0 aliphatic heterocycles. The van der Waals surface area contributed by atoms with Crippen LogP contribution in [-0.4, -0.2) is 29.0 Å². The van der Waals surface area contributed by atoms with Gasteiger partial charge in [-0.15, -0.1) is 10.1 Å². The van der Waals surface area contributed by atoms with Crippen molar-refractivity contribution in [3.05, 3.63) is 0 Å². The van der Waals surface area contributed by atoms with Gasteiger partial charge in [0, 0.05) is 0 Å². The van der Waals surface area contributed by atoms with Crippen LogP contribution in [0, 0.1) is 0 Å².